The first-order valence-corrected chi connectivity index (χ1v) is 9.47. The van der Waals surface area contributed by atoms with Crippen molar-refractivity contribution in [3.63, 3.8) is 0 Å². The van der Waals surface area contributed by atoms with Gasteiger partial charge < -0.3 is 11.1 Å². The minimum Gasteiger partial charge on any atom is -0.378 e. The number of benzene rings is 1. The Hall–Kier alpha value is -3.35. The number of H-pyrrole nitrogens is 1. The summed E-state index contributed by atoms with van der Waals surface area (Å²) in [6.07, 6.45) is 6.49. The fourth-order valence-corrected chi connectivity index (χ4v) is 2.93. The molecular formula is C22H29N5O2. The molecule has 4 N–H and O–H groups in total. The maximum Gasteiger partial charge on any atom is 0.349 e. The van der Waals surface area contributed by atoms with Crippen molar-refractivity contribution in [2.24, 2.45) is 5.92 Å². The van der Waals surface area contributed by atoms with Gasteiger partial charge in [-0.05, 0) is 73.7 Å². The van der Waals surface area contributed by atoms with Crippen molar-refractivity contribution in [2.75, 3.05) is 5.73 Å². The van der Waals surface area contributed by atoms with Crippen LogP contribution in [0.5, 0.6) is 0 Å². The molecule has 7 nitrogen and oxygen atoms in total. The molecule has 0 unspecified atom stereocenters. The number of nitrogen functional groups attached to an aromatic ring is 1. The van der Waals surface area contributed by atoms with Crippen molar-refractivity contribution >= 4 is 5.82 Å². The Bertz CT molecular complexity index is 1060. The smallest absolute Gasteiger partial charge is 0.349 e. The van der Waals surface area contributed by atoms with E-state index in [9.17, 15) is 9.59 Å². The second-order valence-electron chi connectivity index (χ2n) is 7.42. The number of allylic oxidation sites excluding steroid dienone is 3. The first-order chi connectivity index (χ1) is 13.6. The van der Waals surface area contributed by atoms with Gasteiger partial charge in [0.05, 0.1) is 5.69 Å². The lowest BCUT2D eigenvalue weighted by molar-refractivity contribution is 0.756. The zero-order valence-corrected chi connectivity index (χ0v) is 17.7. The van der Waals surface area contributed by atoms with Crippen LogP contribution in [0.3, 0.4) is 0 Å². The standard InChI is InChI=1S/C22H29N5O2/c1-7-24-12-17(8-14(4)13(2)3)11-19-15(5)9-18(10-16(19)6)27-22(29)25-21(28)20(23)26-27/h7-10,12-13,24H,1,11H2,2-6H3,(H2,23,26)(H,25,28,29)/b14-8+,17-12+. The lowest BCUT2D eigenvalue weighted by atomic mass is 9.93. The molecule has 1 aromatic carbocycles. The molecule has 0 saturated heterocycles. The third kappa shape index (κ3) is 5.34. The molecule has 7 heteroatoms. The van der Waals surface area contributed by atoms with E-state index in [1.54, 1.807) is 6.20 Å². The van der Waals surface area contributed by atoms with Crippen molar-refractivity contribution < 1.29 is 0 Å². The Morgan fingerprint density at radius 2 is 1.93 bits per heavy atom. The minimum absolute atomic E-state index is 0.251. The number of nitrogens with one attached hydrogen (secondary N) is 2. The van der Waals surface area contributed by atoms with Crippen LogP contribution in [-0.4, -0.2) is 14.8 Å². The lowest BCUT2D eigenvalue weighted by Gasteiger charge is -2.15. The van der Waals surface area contributed by atoms with Crippen molar-refractivity contribution in [3.8, 4) is 5.69 Å². The third-order valence-corrected chi connectivity index (χ3v) is 4.87. The average molecular weight is 396 g/mol. The summed E-state index contributed by atoms with van der Waals surface area (Å²) in [6.45, 7) is 14.1. The topological polar surface area (TPSA) is 106 Å². The highest BCUT2D eigenvalue weighted by molar-refractivity contribution is 5.47. The molecule has 0 radical (unpaired) electrons. The number of nitrogens with two attached hydrogens (primary N) is 1. The van der Waals surface area contributed by atoms with Crippen LogP contribution in [-0.2, 0) is 6.42 Å². The molecule has 0 fully saturated rings. The Morgan fingerprint density at radius 3 is 2.48 bits per heavy atom. The third-order valence-electron chi connectivity index (χ3n) is 4.87. The summed E-state index contributed by atoms with van der Waals surface area (Å²) in [7, 11) is 0. The Morgan fingerprint density at radius 1 is 1.31 bits per heavy atom. The summed E-state index contributed by atoms with van der Waals surface area (Å²) in [5.41, 5.74) is 10.4. The lowest BCUT2D eigenvalue weighted by Crippen LogP contribution is -2.33. The largest absolute Gasteiger partial charge is 0.378 e. The second kappa shape index (κ2) is 9.23. The van der Waals surface area contributed by atoms with Crippen LogP contribution < -0.4 is 22.3 Å². The summed E-state index contributed by atoms with van der Waals surface area (Å²) >= 11 is 0. The summed E-state index contributed by atoms with van der Waals surface area (Å²) in [5, 5.41) is 6.97. The summed E-state index contributed by atoms with van der Waals surface area (Å²) < 4.78 is 1.11. The van der Waals surface area contributed by atoms with Crippen LogP contribution in [0.2, 0.25) is 0 Å². The molecule has 2 aromatic rings. The van der Waals surface area contributed by atoms with Gasteiger partial charge in [0.25, 0.3) is 5.56 Å². The number of nitrogens with zero attached hydrogens (tertiary/aromatic N) is 2. The van der Waals surface area contributed by atoms with Gasteiger partial charge in [0.15, 0.2) is 0 Å². The van der Waals surface area contributed by atoms with E-state index in [2.05, 4.69) is 48.8 Å². The van der Waals surface area contributed by atoms with Gasteiger partial charge in [-0.2, -0.15) is 4.68 Å². The van der Waals surface area contributed by atoms with Crippen molar-refractivity contribution in [2.45, 2.75) is 41.0 Å². The number of hydrogen-bond acceptors (Lipinski definition) is 5. The molecule has 0 atom stereocenters. The van der Waals surface area contributed by atoms with Gasteiger partial charge in [-0.1, -0.05) is 32.1 Å². The van der Waals surface area contributed by atoms with Gasteiger partial charge in [-0.3, -0.25) is 9.78 Å². The number of anilines is 1. The molecule has 1 heterocycles. The van der Waals surface area contributed by atoms with Gasteiger partial charge in [-0.15, -0.1) is 5.10 Å². The average Bonchev–Trinajstić information content (AvgIpc) is 2.64. The maximum absolute atomic E-state index is 12.1. The van der Waals surface area contributed by atoms with Crippen LogP contribution in [0, 0.1) is 19.8 Å². The van der Waals surface area contributed by atoms with Gasteiger partial charge in [-0.25, -0.2) is 4.79 Å². The van der Waals surface area contributed by atoms with E-state index in [4.69, 9.17) is 5.73 Å². The van der Waals surface area contributed by atoms with E-state index in [0.717, 1.165) is 33.4 Å². The van der Waals surface area contributed by atoms with E-state index in [1.807, 2.05) is 32.2 Å². The monoisotopic (exact) mass is 395 g/mol. The van der Waals surface area contributed by atoms with E-state index in [-0.39, 0.29) is 5.82 Å². The van der Waals surface area contributed by atoms with E-state index in [0.29, 0.717) is 11.6 Å². The summed E-state index contributed by atoms with van der Waals surface area (Å²) in [5.74, 6) is 0.203. The quantitative estimate of drug-likeness (QED) is 0.625. The Labute approximate surface area is 170 Å². The molecular weight excluding hydrogens is 366 g/mol. The van der Waals surface area contributed by atoms with E-state index < -0.39 is 11.2 Å². The molecule has 2 rings (SSSR count). The number of hydrogen-bond donors (Lipinski definition) is 3. The zero-order valence-electron chi connectivity index (χ0n) is 17.7. The van der Waals surface area contributed by atoms with Crippen molar-refractivity contribution in [1.82, 2.24) is 20.1 Å². The zero-order chi connectivity index (χ0) is 21.7. The van der Waals surface area contributed by atoms with E-state index >= 15 is 0 Å². The van der Waals surface area contributed by atoms with Crippen LogP contribution in [0.4, 0.5) is 5.82 Å². The van der Waals surface area contributed by atoms with Crippen molar-refractivity contribution in [1.29, 1.82) is 0 Å². The molecule has 1 aromatic heterocycles. The molecule has 0 aliphatic heterocycles. The molecule has 0 bridgehead atoms. The predicted molar refractivity (Wildman–Crippen MR) is 118 cm³/mol. The Kier molecular flexibility index (Phi) is 6.98. The number of aromatic nitrogens is 3. The minimum atomic E-state index is -0.687. The molecule has 0 spiro atoms. The van der Waals surface area contributed by atoms with Crippen LogP contribution in [0.1, 0.15) is 37.5 Å². The Balaban J connectivity index is 2.49. The first kappa shape index (κ1) is 21.9. The molecule has 0 saturated carbocycles. The molecule has 0 amide bonds. The SMILES string of the molecule is C=CN/C=C(\C=C(/C)C(C)C)Cc1c(C)cc(-n2nc(N)c(=O)[nH]c2=O)cc1C. The first-order valence-electron chi connectivity index (χ1n) is 9.47. The highest BCUT2D eigenvalue weighted by atomic mass is 16.2. The molecule has 154 valence electrons. The summed E-state index contributed by atoms with van der Waals surface area (Å²) in [4.78, 5) is 25.8. The van der Waals surface area contributed by atoms with Crippen LogP contribution >= 0.6 is 0 Å². The van der Waals surface area contributed by atoms with Crippen molar-refractivity contribution in [3.05, 3.63) is 85.9 Å². The predicted octanol–water partition coefficient (Wildman–Crippen LogP) is 2.88. The van der Waals surface area contributed by atoms with E-state index in [1.165, 1.54) is 5.57 Å². The molecule has 0 aliphatic rings. The van der Waals surface area contributed by atoms with Gasteiger partial charge >= 0.3 is 5.69 Å². The number of aromatic amines is 1. The number of aryl methyl sites for hydroxylation is 2. The van der Waals surface area contributed by atoms with Gasteiger partial charge in [0.1, 0.15) is 0 Å². The highest BCUT2D eigenvalue weighted by Crippen LogP contribution is 2.23. The molecule has 0 aliphatic carbocycles. The van der Waals surface area contributed by atoms with Gasteiger partial charge in [0, 0.05) is 6.20 Å². The maximum atomic E-state index is 12.1. The normalized spacial score (nSPS) is 12.3. The fraction of sp³-hybridized carbons (Fsp3) is 0.318. The van der Waals surface area contributed by atoms with Crippen LogP contribution in [0.25, 0.3) is 5.69 Å². The molecule has 29 heavy (non-hydrogen) atoms. The van der Waals surface area contributed by atoms with Crippen LogP contribution in [0.15, 0.2) is 57.9 Å². The number of rotatable bonds is 7. The fourth-order valence-electron chi connectivity index (χ4n) is 2.93. The highest BCUT2D eigenvalue weighted by Gasteiger charge is 2.12. The second-order valence-corrected chi connectivity index (χ2v) is 7.42. The van der Waals surface area contributed by atoms with Gasteiger partial charge in [0.2, 0.25) is 5.82 Å². The summed E-state index contributed by atoms with van der Waals surface area (Å²) in [6, 6.07) is 3.73.